The summed E-state index contributed by atoms with van der Waals surface area (Å²) in [4.78, 5) is 20.1. The van der Waals surface area contributed by atoms with Crippen molar-refractivity contribution in [1.82, 2.24) is 10.2 Å². The molecule has 1 unspecified atom stereocenters. The van der Waals surface area contributed by atoms with Crippen molar-refractivity contribution in [2.75, 3.05) is 26.2 Å². The van der Waals surface area contributed by atoms with Gasteiger partial charge in [0, 0.05) is 35.2 Å². The molecule has 36 heavy (non-hydrogen) atoms. The number of carbonyl (C=O) groups excluding carboxylic acids is 1. The standard InChI is InChI=1S/C29H36BrFN4O/c30-23-11-13-24(21-8-9-21)22(15-23)10-12-25-26(4-1-5-27(25)31)28(36)34-29(32)33-16-20-3-2-14-35(18-20)17-19-6-7-19/h1,4-5,11,13,15,19-21H,2-3,6-10,12,14,16-18H2,(H3,32,33,34,36). The molecule has 2 aromatic rings. The van der Waals surface area contributed by atoms with Gasteiger partial charge in [-0.2, -0.15) is 0 Å². The summed E-state index contributed by atoms with van der Waals surface area (Å²) < 4.78 is 15.9. The maximum absolute atomic E-state index is 14.9. The molecule has 2 aliphatic carbocycles. The van der Waals surface area contributed by atoms with E-state index in [4.69, 9.17) is 5.73 Å². The predicted octanol–water partition coefficient (Wildman–Crippen LogP) is 5.42. The van der Waals surface area contributed by atoms with Crippen LogP contribution in [-0.4, -0.2) is 42.9 Å². The number of piperidine rings is 1. The van der Waals surface area contributed by atoms with Crippen LogP contribution in [0.3, 0.4) is 0 Å². The van der Waals surface area contributed by atoms with Crippen molar-refractivity contribution in [3.05, 3.63) is 68.9 Å². The zero-order valence-electron chi connectivity index (χ0n) is 20.8. The second kappa shape index (κ2) is 11.4. The maximum atomic E-state index is 14.9. The number of rotatable bonds is 9. The number of hydrogen-bond donors (Lipinski definition) is 2. The maximum Gasteiger partial charge on any atom is 0.258 e. The van der Waals surface area contributed by atoms with Gasteiger partial charge in [-0.1, -0.05) is 28.1 Å². The number of halogens is 2. The van der Waals surface area contributed by atoms with E-state index in [2.05, 4.69) is 49.3 Å². The van der Waals surface area contributed by atoms with Gasteiger partial charge in [-0.25, -0.2) is 4.39 Å². The zero-order valence-corrected chi connectivity index (χ0v) is 22.4. The second-order valence-electron chi connectivity index (χ2n) is 10.8. The lowest BCUT2D eigenvalue weighted by Crippen LogP contribution is -2.40. The molecule has 1 saturated heterocycles. The zero-order chi connectivity index (χ0) is 25.1. The topological polar surface area (TPSA) is 70.7 Å². The highest BCUT2D eigenvalue weighted by Crippen LogP contribution is 2.42. The molecular weight excluding hydrogens is 519 g/mol. The normalized spacial score (nSPS) is 20.9. The number of amides is 1. The van der Waals surface area contributed by atoms with Crippen LogP contribution in [0.25, 0.3) is 0 Å². The molecule has 3 aliphatic rings. The van der Waals surface area contributed by atoms with E-state index in [0.717, 1.165) is 23.4 Å². The van der Waals surface area contributed by atoms with E-state index in [-0.39, 0.29) is 11.8 Å². The quantitative estimate of drug-likeness (QED) is 0.321. The molecule has 192 valence electrons. The lowest BCUT2D eigenvalue weighted by atomic mass is 9.94. The molecule has 1 atom stereocenters. The fourth-order valence-electron chi connectivity index (χ4n) is 5.45. The number of guanidine groups is 1. The van der Waals surface area contributed by atoms with Crippen molar-refractivity contribution in [2.45, 2.75) is 57.3 Å². The lowest BCUT2D eigenvalue weighted by molar-refractivity contribution is 0.0975. The van der Waals surface area contributed by atoms with Crippen LogP contribution in [0.4, 0.5) is 4.39 Å². The number of carbonyl (C=O) groups is 1. The fraction of sp³-hybridized carbons (Fsp3) is 0.517. The highest BCUT2D eigenvalue weighted by atomic mass is 79.9. The second-order valence-corrected chi connectivity index (χ2v) is 11.7. The Hall–Kier alpha value is -2.25. The number of aliphatic imine (C=N–C) groups is 1. The number of aryl methyl sites for hydroxylation is 1. The van der Waals surface area contributed by atoms with E-state index in [1.165, 1.54) is 62.4 Å². The number of nitrogens with zero attached hydrogens (tertiary/aromatic N) is 2. The molecule has 1 aliphatic heterocycles. The molecule has 2 saturated carbocycles. The van der Waals surface area contributed by atoms with Gasteiger partial charge in [-0.05, 0) is 111 Å². The first kappa shape index (κ1) is 25.4. The highest BCUT2D eigenvalue weighted by Gasteiger charge is 2.28. The van der Waals surface area contributed by atoms with Crippen molar-refractivity contribution >= 4 is 27.8 Å². The Morgan fingerprint density at radius 3 is 2.72 bits per heavy atom. The Bertz CT molecular complexity index is 1130. The van der Waals surface area contributed by atoms with Crippen molar-refractivity contribution in [1.29, 1.82) is 0 Å². The third kappa shape index (κ3) is 6.74. The first-order chi connectivity index (χ1) is 17.5. The van der Waals surface area contributed by atoms with E-state index in [0.29, 0.717) is 42.3 Å². The predicted molar refractivity (Wildman–Crippen MR) is 146 cm³/mol. The molecule has 3 N–H and O–H groups in total. The molecule has 5 rings (SSSR count). The molecule has 2 aromatic carbocycles. The van der Waals surface area contributed by atoms with E-state index in [1.807, 2.05) is 0 Å². The van der Waals surface area contributed by atoms with Gasteiger partial charge in [-0.3, -0.25) is 15.1 Å². The molecule has 5 nitrogen and oxygen atoms in total. The molecule has 0 aromatic heterocycles. The number of nitrogens with two attached hydrogens (primary N) is 1. The van der Waals surface area contributed by atoms with Gasteiger partial charge in [0.2, 0.25) is 0 Å². The van der Waals surface area contributed by atoms with Crippen molar-refractivity contribution < 1.29 is 9.18 Å². The van der Waals surface area contributed by atoms with Crippen LogP contribution in [0.2, 0.25) is 0 Å². The van der Waals surface area contributed by atoms with Crippen LogP contribution in [0, 0.1) is 17.7 Å². The van der Waals surface area contributed by atoms with Gasteiger partial charge < -0.3 is 10.6 Å². The van der Waals surface area contributed by atoms with Gasteiger partial charge in [0.1, 0.15) is 5.82 Å². The highest BCUT2D eigenvalue weighted by molar-refractivity contribution is 9.10. The van der Waals surface area contributed by atoms with Crippen LogP contribution >= 0.6 is 15.9 Å². The molecule has 0 spiro atoms. The van der Waals surface area contributed by atoms with E-state index < -0.39 is 5.91 Å². The lowest BCUT2D eigenvalue weighted by Gasteiger charge is -2.32. The summed E-state index contributed by atoms with van der Waals surface area (Å²) in [5, 5.41) is 2.70. The van der Waals surface area contributed by atoms with E-state index in [9.17, 15) is 9.18 Å². The van der Waals surface area contributed by atoms with E-state index in [1.54, 1.807) is 12.1 Å². The Balaban J connectivity index is 1.21. The number of hydrogen-bond acceptors (Lipinski definition) is 3. The van der Waals surface area contributed by atoms with Crippen LogP contribution in [0.5, 0.6) is 0 Å². The number of likely N-dealkylation sites (tertiary alicyclic amines) is 1. The van der Waals surface area contributed by atoms with Gasteiger partial charge in [0.15, 0.2) is 5.96 Å². The first-order valence-corrected chi connectivity index (χ1v) is 14.1. The van der Waals surface area contributed by atoms with Crippen LogP contribution in [0.1, 0.15) is 71.5 Å². The summed E-state index contributed by atoms with van der Waals surface area (Å²) in [7, 11) is 0. The molecular formula is C29H36BrFN4O. The largest absolute Gasteiger partial charge is 0.370 e. The number of benzene rings is 2. The molecule has 0 radical (unpaired) electrons. The third-order valence-corrected chi connectivity index (χ3v) is 8.20. The van der Waals surface area contributed by atoms with Gasteiger partial charge >= 0.3 is 0 Å². The smallest absolute Gasteiger partial charge is 0.258 e. The molecule has 3 fully saturated rings. The molecule has 1 heterocycles. The Morgan fingerprint density at radius 2 is 1.94 bits per heavy atom. The molecule has 7 heteroatoms. The van der Waals surface area contributed by atoms with Crippen LogP contribution in [0.15, 0.2) is 45.9 Å². The molecule has 0 bridgehead atoms. The Labute approximate surface area is 221 Å². The fourth-order valence-corrected chi connectivity index (χ4v) is 5.86. The first-order valence-electron chi connectivity index (χ1n) is 13.4. The minimum absolute atomic E-state index is 0.109. The Morgan fingerprint density at radius 1 is 1.11 bits per heavy atom. The third-order valence-electron chi connectivity index (χ3n) is 7.71. The van der Waals surface area contributed by atoms with Gasteiger partial charge in [0.25, 0.3) is 5.91 Å². The summed E-state index contributed by atoms with van der Waals surface area (Å²) >= 11 is 3.56. The van der Waals surface area contributed by atoms with Crippen molar-refractivity contribution in [2.24, 2.45) is 22.6 Å². The number of nitrogens with one attached hydrogen (secondary N) is 1. The van der Waals surface area contributed by atoms with Crippen LogP contribution < -0.4 is 11.1 Å². The van der Waals surface area contributed by atoms with Gasteiger partial charge in [0.05, 0.1) is 0 Å². The van der Waals surface area contributed by atoms with Crippen molar-refractivity contribution in [3.63, 3.8) is 0 Å². The van der Waals surface area contributed by atoms with Gasteiger partial charge in [-0.15, -0.1) is 0 Å². The summed E-state index contributed by atoms with van der Waals surface area (Å²) in [6.45, 7) is 4.04. The minimum Gasteiger partial charge on any atom is -0.370 e. The molecule has 1 amide bonds. The Kier molecular flexibility index (Phi) is 8.06. The minimum atomic E-state index is -0.401. The summed E-state index contributed by atoms with van der Waals surface area (Å²) in [6, 6.07) is 11.0. The monoisotopic (exact) mass is 554 g/mol. The summed E-state index contributed by atoms with van der Waals surface area (Å²) in [5.74, 6) is 1.31. The van der Waals surface area contributed by atoms with E-state index >= 15 is 0 Å². The summed E-state index contributed by atoms with van der Waals surface area (Å²) in [6.07, 6.45) is 8.59. The summed E-state index contributed by atoms with van der Waals surface area (Å²) in [5.41, 5.74) is 9.39. The van der Waals surface area contributed by atoms with Crippen molar-refractivity contribution in [3.8, 4) is 0 Å². The SMILES string of the molecule is NC(=NCC1CCCN(CC2CC2)C1)NC(=O)c1cccc(F)c1CCc1cc(Br)ccc1C1CC1. The average Bonchev–Trinajstić information content (AvgIpc) is 3.78. The average molecular weight is 556 g/mol. The van der Waals surface area contributed by atoms with Crippen LogP contribution in [-0.2, 0) is 12.8 Å².